The first-order valence-electron chi connectivity index (χ1n) is 13.1. The maximum absolute atomic E-state index is 13.4. The third-order valence-corrected chi connectivity index (χ3v) is 9.65. The molecule has 0 aliphatic heterocycles. The predicted molar refractivity (Wildman–Crippen MR) is 161 cm³/mol. The van der Waals surface area contributed by atoms with Crippen molar-refractivity contribution < 1.29 is 46.0 Å². The molecule has 0 fully saturated rings. The van der Waals surface area contributed by atoms with Crippen molar-refractivity contribution in [2.45, 2.75) is 86.4 Å². The van der Waals surface area contributed by atoms with Crippen LogP contribution in [0.2, 0.25) is 18.1 Å². The molecule has 0 aliphatic rings. The predicted octanol–water partition coefficient (Wildman–Crippen LogP) is 8.54. The number of nitrogens with zero attached hydrogens (tertiary/aromatic N) is 1. The van der Waals surface area contributed by atoms with Gasteiger partial charge in [-0.2, -0.15) is 5.26 Å². The quantitative estimate of drug-likeness (QED) is 0.101. The molecule has 9 nitrogen and oxygen atoms in total. The van der Waals surface area contributed by atoms with Gasteiger partial charge in [0.1, 0.15) is 11.7 Å². The van der Waals surface area contributed by atoms with Gasteiger partial charge in [-0.15, -0.1) is 0 Å². The number of aliphatic hydroxyl groups excluding tert-OH is 1. The van der Waals surface area contributed by atoms with Gasteiger partial charge in [-0.05, 0) is 70.8 Å². The topological polar surface area (TPSA) is 124 Å². The van der Waals surface area contributed by atoms with E-state index in [1.807, 2.05) is 27.7 Å². The highest BCUT2D eigenvalue weighted by atomic mass is 31.1. The van der Waals surface area contributed by atoms with Gasteiger partial charge in [-0.1, -0.05) is 20.8 Å². The van der Waals surface area contributed by atoms with Crippen molar-refractivity contribution in [1.29, 1.82) is 5.26 Å². The minimum absolute atomic E-state index is 0.0194. The van der Waals surface area contributed by atoms with Gasteiger partial charge in [-0.25, -0.2) is 17.9 Å². The minimum atomic E-state index is -1.89. The summed E-state index contributed by atoms with van der Waals surface area (Å²) in [5.74, 6) is -0.882. The summed E-state index contributed by atoms with van der Waals surface area (Å²) < 4.78 is 69.3. The smallest absolute Gasteiger partial charge is 0.327 e. The van der Waals surface area contributed by atoms with Crippen molar-refractivity contribution >= 4 is 25.7 Å². The van der Waals surface area contributed by atoms with Crippen LogP contribution in [0.25, 0.3) is 0 Å². The van der Waals surface area contributed by atoms with Crippen molar-refractivity contribution in [3.8, 4) is 6.07 Å². The van der Waals surface area contributed by atoms with E-state index in [0.717, 1.165) is 26.4 Å². The van der Waals surface area contributed by atoms with Gasteiger partial charge in [-0.3, -0.25) is 9.05 Å². The molecule has 0 radical (unpaired) electrons. The van der Waals surface area contributed by atoms with E-state index in [1.54, 1.807) is 6.07 Å². The summed E-state index contributed by atoms with van der Waals surface area (Å²) in [5.41, 5.74) is 0. The molecule has 0 aromatic carbocycles. The van der Waals surface area contributed by atoms with Crippen molar-refractivity contribution in [3.63, 3.8) is 0 Å². The maximum Gasteiger partial charge on any atom is 0.327 e. The van der Waals surface area contributed by atoms with Gasteiger partial charge in [0.25, 0.3) is 0 Å². The number of nitriles is 1. The van der Waals surface area contributed by atoms with Crippen molar-refractivity contribution in [3.05, 3.63) is 23.8 Å². The Balaban J connectivity index is -0.000000149. The molecule has 0 bridgehead atoms. The number of rotatable bonds is 16. The molecule has 0 aromatic rings. The zero-order chi connectivity index (χ0) is 32.3. The molecule has 0 atom stereocenters. The van der Waals surface area contributed by atoms with Crippen LogP contribution in [-0.4, -0.2) is 66.3 Å². The summed E-state index contributed by atoms with van der Waals surface area (Å²) in [5, 5.41) is 15.5. The highest BCUT2D eigenvalue weighted by Gasteiger charge is 2.37. The Bertz CT molecular complexity index is 650. The number of aliphatic hydroxyl groups is 1. The van der Waals surface area contributed by atoms with Gasteiger partial charge in [0.15, 0.2) is 8.32 Å². The Morgan fingerprint density at radius 2 is 1.23 bits per heavy atom. The lowest BCUT2D eigenvalue weighted by Crippen LogP contribution is -2.41. The number of halogens is 2. The largest absolute Gasteiger partial charge is 0.410 e. The van der Waals surface area contributed by atoms with Gasteiger partial charge in [0.2, 0.25) is 0 Å². The summed E-state index contributed by atoms with van der Waals surface area (Å²) in [4.78, 5) is 0. The van der Waals surface area contributed by atoms with Gasteiger partial charge in [0.05, 0.1) is 32.5 Å². The summed E-state index contributed by atoms with van der Waals surface area (Å²) in [6.45, 7) is 23.1. The molecule has 0 heterocycles. The molecular formula is C26H53F2NO8P2Si. The zero-order valence-electron chi connectivity index (χ0n) is 26.1. The maximum atomic E-state index is 13.4. The molecule has 0 saturated carbocycles. The third-order valence-electron chi connectivity index (χ3n) is 4.60. The molecule has 0 rings (SSSR count). The lowest BCUT2D eigenvalue weighted by Gasteiger charge is -2.35. The Morgan fingerprint density at radius 1 is 0.875 bits per heavy atom. The van der Waals surface area contributed by atoms with Crippen LogP contribution in [-0.2, 0) is 32.1 Å². The molecule has 0 amide bonds. The van der Waals surface area contributed by atoms with E-state index in [9.17, 15) is 17.9 Å². The SMILES string of the molecule is CC#N.CC(C)(C)[Si](C)(C)OC/C(F)=C\CCOP=O.CCOCC.CCOCC.O=POCC/C=C(/F)CO. The van der Waals surface area contributed by atoms with Crippen LogP contribution < -0.4 is 0 Å². The second-order valence-corrected chi connectivity index (χ2v) is 14.3. The van der Waals surface area contributed by atoms with Crippen LogP contribution in [0, 0.1) is 11.3 Å². The Kier molecular flexibility index (Phi) is 46.3. The summed E-state index contributed by atoms with van der Waals surface area (Å²) in [7, 11) is -2.65. The van der Waals surface area contributed by atoms with Crippen LogP contribution in [0.5, 0.6) is 0 Å². The molecule has 0 aliphatic carbocycles. The van der Waals surface area contributed by atoms with Gasteiger partial charge >= 0.3 is 17.4 Å². The van der Waals surface area contributed by atoms with Gasteiger partial charge < -0.3 is 19.0 Å². The second-order valence-electron chi connectivity index (χ2n) is 8.69. The number of ether oxygens (including phenoxy) is 2. The highest BCUT2D eigenvalue weighted by Crippen LogP contribution is 2.36. The fourth-order valence-corrected chi connectivity index (χ4v) is 2.90. The fraction of sp³-hybridized carbons (Fsp3) is 0.808. The third kappa shape index (κ3) is 46.8. The molecule has 0 spiro atoms. The van der Waals surface area contributed by atoms with Crippen molar-refractivity contribution in [2.24, 2.45) is 0 Å². The Morgan fingerprint density at radius 3 is 1.48 bits per heavy atom. The molecule has 238 valence electrons. The standard InChI is InChI=1S/C11H22FO3PSi.C5H8FO3P.2C4H10O.C2H3N/c1-11(2,3)17(4,5)15-9-10(12)7-6-8-14-16-13;6-5(4-7)2-1-3-9-10-8;2*1-3-5-4-2;1-2-3/h7H,6,8-9H2,1-5H3;2,7H,1,3-4H2;2*3-4H2,1-2H3;1H3/b10-7+;5-2+;;;. The van der Waals surface area contributed by atoms with Crippen LogP contribution in [0.4, 0.5) is 8.78 Å². The molecule has 0 unspecified atom stereocenters. The van der Waals surface area contributed by atoms with Gasteiger partial charge in [0, 0.05) is 33.4 Å². The molecule has 0 saturated heterocycles. The first-order chi connectivity index (χ1) is 18.8. The summed E-state index contributed by atoms with van der Waals surface area (Å²) in [6.07, 6.45) is 3.33. The first-order valence-corrected chi connectivity index (χ1v) is 17.4. The average molecular weight is 636 g/mol. The van der Waals surface area contributed by atoms with Crippen LogP contribution in [0.15, 0.2) is 23.8 Å². The average Bonchev–Trinajstić information content (AvgIpc) is 2.90. The fourth-order valence-electron chi connectivity index (χ4n) is 1.61. The highest BCUT2D eigenvalue weighted by molar-refractivity contribution is 7.17. The molecule has 14 heteroatoms. The van der Waals surface area contributed by atoms with Crippen LogP contribution in [0.1, 0.15) is 68.2 Å². The monoisotopic (exact) mass is 635 g/mol. The van der Waals surface area contributed by atoms with E-state index >= 15 is 0 Å². The molecular weight excluding hydrogens is 582 g/mol. The van der Waals surface area contributed by atoms with E-state index in [1.165, 1.54) is 19.1 Å². The number of hydrogen-bond donors (Lipinski definition) is 1. The minimum Gasteiger partial charge on any atom is -0.410 e. The Labute approximate surface area is 246 Å². The molecule has 0 aromatic heterocycles. The lowest BCUT2D eigenvalue weighted by atomic mass is 10.2. The van der Waals surface area contributed by atoms with E-state index < -0.39 is 29.4 Å². The lowest BCUT2D eigenvalue weighted by molar-refractivity contribution is 0.162. The summed E-state index contributed by atoms with van der Waals surface area (Å²) in [6, 6.07) is 1.75. The van der Waals surface area contributed by atoms with E-state index in [2.05, 4.69) is 42.9 Å². The van der Waals surface area contributed by atoms with E-state index in [-0.39, 0.29) is 39.4 Å². The van der Waals surface area contributed by atoms with Crippen molar-refractivity contribution in [2.75, 3.05) is 52.9 Å². The molecule has 1 N–H and O–H groups in total. The van der Waals surface area contributed by atoms with Crippen LogP contribution in [0.3, 0.4) is 0 Å². The molecule has 40 heavy (non-hydrogen) atoms. The Hall–Kier alpha value is -0.993. The van der Waals surface area contributed by atoms with E-state index in [4.69, 9.17) is 24.3 Å². The number of hydrogen-bond acceptors (Lipinski definition) is 9. The first kappa shape index (κ1) is 48.7. The summed E-state index contributed by atoms with van der Waals surface area (Å²) >= 11 is 0. The van der Waals surface area contributed by atoms with Crippen molar-refractivity contribution in [1.82, 2.24) is 0 Å². The zero-order valence-corrected chi connectivity index (χ0v) is 28.9. The van der Waals surface area contributed by atoms with E-state index in [0.29, 0.717) is 12.8 Å². The van der Waals surface area contributed by atoms with Crippen LogP contribution >= 0.6 is 17.4 Å². The second kappa shape index (κ2) is 38.0. The normalized spacial score (nSPS) is 11.5.